The second-order valence-corrected chi connectivity index (χ2v) is 1.97. The Kier molecular flexibility index (Phi) is 5.25. The normalized spacial score (nSPS) is 9.55. The summed E-state index contributed by atoms with van der Waals surface area (Å²) in [4.78, 5) is 0. The van der Waals surface area contributed by atoms with Crippen molar-refractivity contribution in [3.8, 4) is 0 Å². The molecule has 0 saturated carbocycles. The van der Waals surface area contributed by atoms with Gasteiger partial charge >= 0.3 is 0 Å². The van der Waals surface area contributed by atoms with Crippen LogP contribution in [0.1, 0.15) is 5.56 Å². The minimum Gasteiger partial charge on any atom is -0.305 e. The molecule has 4 heteroatoms. The Hall–Kier alpha value is -0.276. The van der Waals surface area contributed by atoms with E-state index < -0.39 is 0 Å². The van der Waals surface area contributed by atoms with Gasteiger partial charge in [0.1, 0.15) is 0 Å². The van der Waals surface area contributed by atoms with Crippen molar-refractivity contribution in [1.82, 2.24) is 0 Å². The van der Waals surface area contributed by atoms with Crippen LogP contribution in [0, 0.1) is 13.0 Å². The molecule has 0 atom stereocenters. The summed E-state index contributed by atoms with van der Waals surface area (Å²) in [6.45, 7) is 1.99. The predicted molar refractivity (Wildman–Crippen MR) is 38.7 cm³/mol. The zero-order valence-corrected chi connectivity index (χ0v) is 9.12. The largest absolute Gasteiger partial charge is 0.305 e. The van der Waals surface area contributed by atoms with Gasteiger partial charge in [0, 0.05) is 32.7 Å². The fourth-order valence-electron chi connectivity index (χ4n) is 0.619. The molecule has 55 valence electrons. The molecule has 2 N–H and O–H groups in total. The van der Waals surface area contributed by atoms with E-state index in [4.69, 9.17) is 5.84 Å². The molecule has 11 heavy (non-hydrogen) atoms. The third-order valence-electron chi connectivity index (χ3n) is 1.12. The van der Waals surface area contributed by atoms with Gasteiger partial charge in [0.15, 0.2) is 0 Å². The van der Waals surface area contributed by atoms with Crippen LogP contribution in [0.2, 0.25) is 0 Å². The molecule has 0 aliphatic carbocycles. The van der Waals surface area contributed by atoms with Gasteiger partial charge in [0.05, 0.1) is 0 Å². The molecule has 0 amide bonds. The van der Waals surface area contributed by atoms with Crippen LogP contribution < -0.4 is 5.84 Å². The molecule has 3 nitrogen and oxygen atoms in total. The van der Waals surface area contributed by atoms with Crippen molar-refractivity contribution < 1.29 is 32.7 Å². The molecular formula is C7H8N3Y-. The fourth-order valence-corrected chi connectivity index (χ4v) is 0.619. The van der Waals surface area contributed by atoms with Crippen molar-refractivity contribution in [3.05, 3.63) is 29.8 Å². The molecule has 1 aromatic rings. The zero-order chi connectivity index (χ0) is 7.40. The Balaban J connectivity index is 0.000001000. The first-order valence-electron chi connectivity index (χ1n) is 2.92. The van der Waals surface area contributed by atoms with Gasteiger partial charge in [-0.25, -0.2) is 0 Å². The third kappa shape index (κ3) is 3.58. The van der Waals surface area contributed by atoms with E-state index in [1.807, 2.05) is 25.1 Å². The van der Waals surface area contributed by atoms with Gasteiger partial charge in [-0.05, 0) is 5.69 Å². The summed E-state index contributed by atoms with van der Waals surface area (Å²) in [5.41, 5.74) is 1.81. The van der Waals surface area contributed by atoms with Crippen molar-refractivity contribution in [1.29, 1.82) is 0 Å². The fraction of sp³-hybridized carbons (Fsp3) is 0.143. The van der Waals surface area contributed by atoms with E-state index in [0.717, 1.165) is 5.56 Å². The van der Waals surface area contributed by atoms with Gasteiger partial charge in [0.25, 0.3) is 0 Å². The summed E-state index contributed by atoms with van der Waals surface area (Å²) >= 11 is 0. The Morgan fingerprint density at radius 1 is 1.45 bits per heavy atom. The standard InChI is InChI=1S/C7H8N3.Y/c1-6-2-4-7(5-3-6)9-10-8;/h2-4H,1H3,(H2,8,9);/q-1;. The Morgan fingerprint density at radius 2 is 2.18 bits per heavy atom. The van der Waals surface area contributed by atoms with Crippen molar-refractivity contribution >= 4 is 5.69 Å². The van der Waals surface area contributed by atoms with E-state index in [2.05, 4.69) is 16.4 Å². The van der Waals surface area contributed by atoms with E-state index in [0.29, 0.717) is 5.69 Å². The number of benzene rings is 1. The average molecular weight is 223 g/mol. The van der Waals surface area contributed by atoms with Gasteiger partial charge < -0.3 is 5.84 Å². The molecule has 1 radical (unpaired) electrons. The topological polar surface area (TPSA) is 50.7 Å². The molecule has 0 unspecified atom stereocenters. The van der Waals surface area contributed by atoms with Crippen LogP contribution in [0.25, 0.3) is 0 Å². The predicted octanol–water partition coefficient (Wildman–Crippen LogP) is 1.75. The number of nitrogens with zero attached hydrogens (tertiary/aromatic N) is 2. The molecular weight excluding hydrogens is 215 g/mol. The van der Waals surface area contributed by atoms with Gasteiger partial charge in [-0.2, -0.15) is 28.9 Å². The SMILES string of the molecule is Cc1c[c-]c(N=NN)cc1.[Y]. The van der Waals surface area contributed by atoms with Crippen LogP contribution in [0.5, 0.6) is 0 Å². The number of nitrogens with two attached hydrogens (primary N) is 1. The second kappa shape index (κ2) is 5.38. The quantitative estimate of drug-likeness (QED) is 0.335. The number of rotatable bonds is 1. The van der Waals surface area contributed by atoms with E-state index in [-0.39, 0.29) is 32.7 Å². The maximum atomic E-state index is 4.84. The molecule has 0 aliphatic heterocycles. The van der Waals surface area contributed by atoms with Crippen LogP contribution in [0.15, 0.2) is 28.5 Å². The van der Waals surface area contributed by atoms with Crippen molar-refractivity contribution in [2.24, 2.45) is 16.2 Å². The zero-order valence-electron chi connectivity index (χ0n) is 6.28. The van der Waals surface area contributed by atoms with Gasteiger partial charge in [-0.1, -0.05) is 12.1 Å². The smallest absolute Gasteiger partial charge is 0 e. The molecule has 0 spiro atoms. The molecule has 1 rings (SSSR count). The number of aryl methyl sites for hydroxylation is 1. The first-order valence-corrected chi connectivity index (χ1v) is 2.92. The van der Waals surface area contributed by atoms with Crippen LogP contribution >= 0.6 is 0 Å². The minimum absolute atomic E-state index is 0. The van der Waals surface area contributed by atoms with Gasteiger partial charge in [-0.15, -0.1) is 6.07 Å². The molecule has 1 aromatic carbocycles. The summed E-state index contributed by atoms with van der Waals surface area (Å²) in [6.07, 6.45) is 0. The van der Waals surface area contributed by atoms with Crippen LogP contribution in [0.4, 0.5) is 5.69 Å². The summed E-state index contributed by atoms with van der Waals surface area (Å²) in [6, 6.07) is 8.48. The van der Waals surface area contributed by atoms with E-state index >= 15 is 0 Å². The summed E-state index contributed by atoms with van der Waals surface area (Å²) in [5, 5.41) is 6.72. The average Bonchev–Trinajstić information content (AvgIpc) is 1.95. The maximum Gasteiger partial charge on any atom is 0 e. The first-order chi connectivity index (χ1) is 4.83. The Labute approximate surface area is 90.9 Å². The molecule has 0 bridgehead atoms. The molecule has 0 aliphatic rings. The van der Waals surface area contributed by atoms with Gasteiger partial charge in [-0.3, -0.25) is 0 Å². The summed E-state index contributed by atoms with van der Waals surface area (Å²) < 4.78 is 0. The van der Waals surface area contributed by atoms with Crippen molar-refractivity contribution in [3.63, 3.8) is 0 Å². The Bertz CT molecular complexity index is 230. The second-order valence-electron chi connectivity index (χ2n) is 1.97. The number of hydrogen-bond donors (Lipinski definition) is 1. The third-order valence-corrected chi connectivity index (χ3v) is 1.12. The Morgan fingerprint density at radius 3 is 2.64 bits per heavy atom. The van der Waals surface area contributed by atoms with Crippen LogP contribution in [-0.2, 0) is 32.7 Å². The minimum atomic E-state index is 0. The monoisotopic (exact) mass is 223 g/mol. The first kappa shape index (κ1) is 10.7. The van der Waals surface area contributed by atoms with Gasteiger partial charge in [0.2, 0.25) is 0 Å². The molecule has 0 saturated heterocycles. The maximum absolute atomic E-state index is 4.84. The molecule has 0 aromatic heterocycles. The van der Waals surface area contributed by atoms with Crippen molar-refractivity contribution in [2.75, 3.05) is 0 Å². The van der Waals surface area contributed by atoms with Crippen LogP contribution in [-0.4, -0.2) is 0 Å². The summed E-state index contributed by atoms with van der Waals surface area (Å²) in [7, 11) is 0. The van der Waals surface area contributed by atoms with Crippen LogP contribution in [0.3, 0.4) is 0 Å². The number of hydrogen-bond acceptors (Lipinski definition) is 2. The molecule has 0 fully saturated rings. The van der Waals surface area contributed by atoms with E-state index in [1.165, 1.54) is 0 Å². The summed E-state index contributed by atoms with van der Waals surface area (Å²) in [5.74, 6) is 4.84. The van der Waals surface area contributed by atoms with E-state index in [9.17, 15) is 0 Å². The van der Waals surface area contributed by atoms with Crippen molar-refractivity contribution in [2.45, 2.75) is 6.92 Å². The van der Waals surface area contributed by atoms with E-state index in [1.54, 1.807) is 0 Å². The molecule has 0 heterocycles.